The lowest BCUT2D eigenvalue weighted by Crippen LogP contribution is -2.69. The fourth-order valence-corrected chi connectivity index (χ4v) is 17.8. The van der Waals surface area contributed by atoms with E-state index in [2.05, 4.69) is 58.7 Å². The number of aliphatic carboxylic acids is 1. The minimum absolute atomic E-state index is 0.0735. The maximum Gasteiger partial charge on any atom is 0.350 e. The van der Waals surface area contributed by atoms with Gasteiger partial charge in [-0.1, -0.05) is 62.3 Å². The van der Waals surface area contributed by atoms with E-state index < -0.39 is 47.2 Å². The van der Waals surface area contributed by atoms with Crippen molar-refractivity contribution in [3.63, 3.8) is 0 Å². The number of nitrogens with one attached hydrogen (secondary N) is 1. The number of ether oxygens (including phenoxy) is 2. The standard InChI is InChI=1S/C46H79N2O10PS/c1-28(2)30-13-18-46(47-26-34(29(3)57-27-59(52,53)54)48-21-23-60(55,56)24-22-48)20-19-44(9)31(38(30)46)11-12-36-43(8)16-15-37(42(6,7)35(43)14-17-45(36,44)10)58-40(51)33-25-32(39(49)50)41(33,4)5/h28-38,47H,11-27H2,1-10H3,(H,49,50)(H2,52,53,54)/t29?,30-,31+,32-,33+,34?,35-,36+,37-,38+,43-,44+,45+,46-/m0/s1. The first kappa shape index (κ1) is 46.9. The molecule has 7 fully saturated rings. The Morgan fingerprint density at radius 1 is 0.817 bits per heavy atom. The number of nitrogens with zero attached hydrogens (tertiary/aromatic N) is 1. The van der Waals surface area contributed by atoms with Crippen molar-refractivity contribution in [3.8, 4) is 0 Å². The zero-order chi connectivity index (χ0) is 44.2. The minimum atomic E-state index is -4.38. The van der Waals surface area contributed by atoms with Crippen LogP contribution in [0.4, 0.5) is 0 Å². The van der Waals surface area contributed by atoms with Crippen molar-refractivity contribution >= 4 is 29.4 Å². The second kappa shape index (κ2) is 15.8. The molecule has 1 aliphatic heterocycles. The van der Waals surface area contributed by atoms with Gasteiger partial charge in [0.25, 0.3) is 0 Å². The number of fused-ring (bicyclic) bond motifs is 7. The van der Waals surface area contributed by atoms with Crippen molar-refractivity contribution in [1.29, 1.82) is 0 Å². The Bertz CT molecular complexity index is 1800. The van der Waals surface area contributed by atoms with Crippen LogP contribution in [0.15, 0.2) is 0 Å². The maximum atomic E-state index is 13.7. The van der Waals surface area contributed by atoms with Crippen LogP contribution in [0.1, 0.15) is 140 Å². The second-order valence-electron chi connectivity index (χ2n) is 23.4. The molecular formula is C46H79N2O10PS. The number of sulfone groups is 1. The summed E-state index contributed by atoms with van der Waals surface area (Å²) >= 11 is 0. The van der Waals surface area contributed by atoms with Crippen LogP contribution in [0.2, 0.25) is 0 Å². The van der Waals surface area contributed by atoms with Gasteiger partial charge in [-0.25, -0.2) is 8.42 Å². The predicted molar refractivity (Wildman–Crippen MR) is 232 cm³/mol. The minimum Gasteiger partial charge on any atom is -0.481 e. The van der Waals surface area contributed by atoms with Crippen LogP contribution in [0.3, 0.4) is 0 Å². The Hall–Kier alpha value is -1.08. The molecule has 12 nitrogen and oxygen atoms in total. The van der Waals surface area contributed by atoms with Crippen molar-refractivity contribution in [2.75, 3.05) is 37.5 Å². The molecule has 344 valence electrons. The number of carboxylic acids is 1. The summed E-state index contributed by atoms with van der Waals surface area (Å²) in [7, 11) is -7.50. The van der Waals surface area contributed by atoms with Crippen LogP contribution < -0.4 is 5.32 Å². The monoisotopic (exact) mass is 883 g/mol. The average Bonchev–Trinajstić information content (AvgIpc) is 3.52. The van der Waals surface area contributed by atoms with Crippen LogP contribution in [0, 0.1) is 74.4 Å². The van der Waals surface area contributed by atoms with Crippen molar-refractivity contribution in [3.05, 3.63) is 0 Å². The van der Waals surface area contributed by atoms with Crippen molar-refractivity contribution in [2.24, 2.45) is 74.4 Å². The van der Waals surface area contributed by atoms with Gasteiger partial charge >= 0.3 is 19.5 Å². The molecule has 14 atom stereocenters. The molecule has 60 heavy (non-hydrogen) atoms. The highest BCUT2D eigenvalue weighted by Gasteiger charge is 2.71. The molecule has 0 aromatic rings. The molecule has 7 aliphatic rings. The number of esters is 1. The van der Waals surface area contributed by atoms with Crippen LogP contribution in [-0.4, -0.2) is 101 Å². The molecule has 0 aromatic heterocycles. The highest BCUT2D eigenvalue weighted by molar-refractivity contribution is 7.91. The quantitative estimate of drug-likeness (QED) is 0.113. The lowest BCUT2D eigenvalue weighted by atomic mass is 9.32. The summed E-state index contributed by atoms with van der Waals surface area (Å²) in [5, 5.41) is 13.9. The van der Waals surface area contributed by atoms with Gasteiger partial charge in [-0.3, -0.25) is 19.1 Å². The van der Waals surface area contributed by atoms with Gasteiger partial charge in [0.05, 0.1) is 29.4 Å². The van der Waals surface area contributed by atoms with Crippen LogP contribution in [-0.2, 0) is 33.5 Å². The first-order valence-electron chi connectivity index (χ1n) is 23.4. The van der Waals surface area contributed by atoms with Crippen LogP contribution in [0.5, 0.6) is 0 Å². The Balaban J connectivity index is 1.11. The molecule has 1 heterocycles. The Morgan fingerprint density at radius 2 is 1.48 bits per heavy atom. The lowest BCUT2D eigenvalue weighted by molar-refractivity contribution is -0.249. The third kappa shape index (κ3) is 7.71. The molecule has 0 spiro atoms. The summed E-state index contributed by atoms with van der Waals surface area (Å²) < 4.78 is 49.0. The Morgan fingerprint density at radius 3 is 2.08 bits per heavy atom. The highest BCUT2D eigenvalue weighted by Crippen LogP contribution is 2.76. The first-order chi connectivity index (χ1) is 27.6. The SMILES string of the molecule is CC(OCP(=O)(O)O)C(CN[C@]12CC[C@@H](C(C)C)[C@@H]1[C@H]1CC[C@@H]3[C@@]4(C)CC[C@H](OC(=O)[C@H]5C[C@@H](C(=O)O)C5(C)C)C(C)(C)[C@@H]4CC[C@@]3(C)[C@]1(C)CC2)N1CCS(=O)(=O)CC1. The molecule has 14 heteroatoms. The van der Waals surface area contributed by atoms with E-state index in [4.69, 9.17) is 9.47 Å². The van der Waals surface area contributed by atoms with Gasteiger partial charge in [0.1, 0.15) is 12.5 Å². The Labute approximate surface area is 360 Å². The maximum absolute atomic E-state index is 13.7. The molecule has 0 radical (unpaired) electrons. The van der Waals surface area contributed by atoms with Gasteiger partial charge < -0.3 is 29.7 Å². The van der Waals surface area contributed by atoms with E-state index in [1.165, 1.54) is 19.3 Å². The van der Waals surface area contributed by atoms with E-state index in [9.17, 15) is 37.5 Å². The first-order valence-corrected chi connectivity index (χ1v) is 27.0. The smallest absolute Gasteiger partial charge is 0.350 e. The molecule has 4 N–H and O–H groups in total. The van der Waals surface area contributed by atoms with Crippen molar-refractivity contribution < 1.29 is 46.9 Å². The predicted octanol–water partition coefficient (Wildman–Crippen LogP) is 7.36. The summed E-state index contributed by atoms with van der Waals surface area (Å²) in [4.78, 5) is 47.0. The summed E-state index contributed by atoms with van der Waals surface area (Å²) in [6.45, 7) is 24.3. The number of hydrogen-bond donors (Lipinski definition) is 4. The van der Waals surface area contributed by atoms with Crippen LogP contribution in [0.25, 0.3) is 0 Å². The number of rotatable bonds is 12. The largest absolute Gasteiger partial charge is 0.481 e. The molecule has 0 bridgehead atoms. The van der Waals surface area contributed by atoms with Gasteiger partial charge in [-0.15, -0.1) is 0 Å². The van der Waals surface area contributed by atoms with E-state index in [0.29, 0.717) is 61.6 Å². The second-order valence-corrected chi connectivity index (χ2v) is 27.3. The average molecular weight is 883 g/mol. The molecule has 0 amide bonds. The Kier molecular flexibility index (Phi) is 12.4. The summed E-state index contributed by atoms with van der Waals surface area (Å²) in [5.74, 6) is 1.30. The molecule has 2 unspecified atom stereocenters. The van der Waals surface area contributed by atoms with Gasteiger partial charge in [0.15, 0.2) is 9.84 Å². The van der Waals surface area contributed by atoms with Crippen LogP contribution >= 0.6 is 7.60 Å². The molecule has 6 aliphatic carbocycles. The number of carbonyl (C=O) groups excluding carboxylic acids is 1. The summed E-state index contributed by atoms with van der Waals surface area (Å²) in [5.41, 5.74) is -0.499. The summed E-state index contributed by atoms with van der Waals surface area (Å²) in [6, 6.07) is -0.225. The normalized spacial score (nSPS) is 44.3. The van der Waals surface area contributed by atoms with Gasteiger partial charge in [0, 0.05) is 36.6 Å². The summed E-state index contributed by atoms with van der Waals surface area (Å²) in [6.07, 6.45) is 9.96. The van der Waals surface area contributed by atoms with Crippen molar-refractivity contribution in [2.45, 2.75) is 164 Å². The topological polar surface area (TPSA) is 180 Å². The number of carboxylic acid groups (broad SMARTS) is 1. The molecule has 1 saturated heterocycles. The number of hydrogen-bond acceptors (Lipinski definition) is 9. The van der Waals surface area contributed by atoms with E-state index in [1.54, 1.807) is 0 Å². The fourth-order valence-electron chi connectivity index (χ4n) is 16.1. The van der Waals surface area contributed by atoms with Gasteiger partial charge in [0.2, 0.25) is 0 Å². The zero-order valence-electron chi connectivity index (χ0n) is 38.4. The molecule has 7 rings (SSSR count). The molecular weight excluding hydrogens is 804 g/mol. The van der Waals surface area contributed by atoms with Gasteiger partial charge in [-0.2, -0.15) is 0 Å². The third-order valence-corrected chi connectivity index (χ3v) is 22.0. The van der Waals surface area contributed by atoms with E-state index >= 15 is 0 Å². The van der Waals surface area contributed by atoms with E-state index in [-0.39, 0.29) is 62.7 Å². The van der Waals surface area contributed by atoms with Gasteiger partial charge in [-0.05, 0) is 135 Å². The highest BCUT2D eigenvalue weighted by atomic mass is 32.2. The van der Waals surface area contributed by atoms with E-state index in [0.717, 1.165) is 44.9 Å². The molecule has 6 saturated carbocycles. The van der Waals surface area contributed by atoms with Crippen molar-refractivity contribution in [1.82, 2.24) is 10.2 Å². The zero-order valence-corrected chi connectivity index (χ0v) is 40.1. The number of carbonyl (C=O) groups is 2. The fraction of sp³-hybridized carbons (Fsp3) is 0.957. The molecule has 0 aromatic carbocycles. The van der Waals surface area contributed by atoms with E-state index in [1.807, 2.05) is 20.8 Å². The third-order valence-electron chi connectivity index (χ3n) is 19.9. The lowest BCUT2D eigenvalue weighted by Gasteiger charge is -2.73.